The highest BCUT2D eigenvalue weighted by Gasteiger charge is 2.08. The van der Waals surface area contributed by atoms with E-state index < -0.39 is 0 Å². The van der Waals surface area contributed by atoms with Crippen molar-refractivity contribution < 1.29 is 9.47 Å². The lowest BCUT2D eigenvalue weighted by molar-refractivity contribution is 0.184. The lowest BCUT2D eigenvalue weighted by atomic mass is 10.1. The van der Waals surface area contributed by atoms with Crippen LogP contribution < -0.4 is 10.1 Å². The minimum absolute atomic E-state index is 0.310. The molecule has 0 aliphatic rings. The molecule has 0 amide bonds. The van der Waals surface area contributed by atoms with Crippen LogP contribution in [0.2, 0.25) is 0 Å². The second-order valence-corrected chi connectivity index (χ2v) is 4.10. The number of para-hydroxylation sites is 1. The van der Waals surface area contributed by atoms with Gasteiger partial charge in [-0.2, -0.15) is 0 Å². The Hall–Kier alpha value is -1.06. The van der Waals surface area contributed by atoms with E-state index in [4.69, 9.17) is 9.47 Å². The summed E-state index contributed by atoms with van der Waals surface area (Å²) in [5.74, 6) is 0.978. The Morgan fingerprint density at radius 1 is 1.18 bits per heavy atom. The number of nitrogens with one attached hydrogen (secondary N) is 1. The topological polar surface area (TPSA) is 30.5 Å². The van der Waals surface area contributed by atoms with E-state index in [2.05, 4.69) is 18.3 Å². The third-order valence-corrected chi connectivity index (χ3v) is 2.82. The fourth-order valence-electron chi connectivity index (χ4n) is 1.66. The molecule has 0 saturated carbocycles. The van der Waals surface area contributed by atoms with Gasteiger partial charge in [0.2, 0.25) is 0 Å². The van der Waals surface area contributed by atoms with Crippen LogP contribution in [0, 0.1) is 0 Å². The maximum atomic E-state index is 5.81. The van der Waals surface area contributed by atoms with Gasteiger partial charge in [-0.05, 0) is 32.9 Å². The highest BCUT2D eigenvalue weighted by molar-refractivity contribution is 5.35. The Morgan fingerprint density at radius 2 is 1.88 bits per heavy atom. The van der Waals surface area contributed by atoms with Crippen molar-refractivity contribution in [2.24, 2.45) is 0 Å². The minimum Gasteiger partial charge on any atom is -0.493 e. The van der Waals surface area contributed by atoms with Crippen molar-refractivity contribution in [3.05, 3.63) is 29.8 Å². The zero-order valence-corrected chi connectivity index (χ0v) is 11.0. The van der Waals surface area contributed by atoms with Gasteiger partial charge in [-0.1, -0.05) is 18.2 Å². The summed E-state index contributed by atoms with van der Waals surface area (Å²) in [6, 6.07) is 8.49. The Bertz CT molecular complexity index is 315. The number of rotatable bonds is 8. The molecule has 1 aromatic rings. The van der Waals surface area contributed by atoms with Crippen LogP contribution in [0.5, 0.6) is 5.75 Å². The van der Waals surface area contributed by atoms with Crippen LogP contribution in [0.1, 0.15) is 31.4 Å². The number of benzene rings is 1. The normalized spacial score (nSPS) is 12.4. The largest absolute Gasteiger partial charge is 0.493 e. The third kappa shape index (κ3) is 4.75. The summed E-state index contributed by atoms with van der Waals surface area (Å²) in [5.41, 5.74) is 1.21. The fraction of sp³-hybridized carbons (Fsp3) is 0.571. The van der Waals surface area contributed by atoms with Crippen LogP contribution in [-0.2, 0) is 4.74 Å². The van der Waals surface area contributed by atoms with Crippen LogP contribution in [0.15, 0.2) is 24.3 Å². The highest BCUT2D eigenvalue weighted by atomic mass is 16.5. The lowest BCUT2D eigenvalue weighted by Gasteiger charge is -2.16. The van der Waals surface area contributed by atoms with Crippen LogP contribution in [0.25, 0.3) is 0 Å². The summed E-state index contributed by atoms with van der Waals surface area (Å²) in [4.78, 5) is 0. The number of hydrogen-bond acceptors (Lipinski definition) is 3. The molecule has 3 nitrogen and oxygen atoms in total. The number of ether oxygens (including phenoxy) is 2. The van der Waals surface area contributed by atoms with Crippen molar-refractivity contribution in [3.8, 4) is 5.75 Å². The van der Waals surface area contributed by atoms with Gasteiger partial charge in [0, 0.05) is 25.3 Å². The van der Waals surface area contributed by atoms with E-state index in [-0.39, 0.29) is 0 Å². The van der Waals surface area contributed by atoms with Gasteiger partial charge in [-0.25, -0.2) is 0 Å². The molecule has 0 aliphatic heterocycles. The van der Waals surface area contributed by atoms with Gasteiger partial charge in [-0.3, -0.25) is 0 Å². The summed E-state index contributed by atoms with van der Waals surface area (Å²) in [6.45, 7) is 3.68. The maximum absolute atomic E-state index is 5.81. The first-order chi connectivity index (χ1) is 8.29. The molecular weight excluding hydrogens is 214 g/mol. The predicted octanol–water partition coefficient (Wildman–Crippen LogP) is 2.77. The van der Waals surface area contributed by atoms with Crippen LogP contribution in [0.3, 0.4) is 0 Å². The Balaban J connectivity index is 2.46. The molecule has 0 heterocycles. The Labute approximate surface area is 104 Å². The predicted molar refractivity (Wildman–Crippen MR) is 70.5 cm³/mol. The van der Waals surface area contributed by atoms with Gasteiger partial charge in [-0.15, -0.1) is 0 Å². The van der Waals surface area contributed by atoms with Crippen molar-refractivity contribution >= 4 is 0 Å². The molecule has 0 fully saturated rings. The van der Waals surface area contributed by atoms with Crippen molar-refractivity contribution in [1.29, 1.82) is 0 Å². The Morgan fingerprint density at radius 3 is 2.59 bits per heavy atom. The number of methoxy groups -OCH3 is 1. The quantitative estimate of drug-likeness (QED) is 0.705. The van der Waals surface area contributed by atoms with Crippen LogP contribution >= 0.6 is 0 Å². The second kappa shape index (κ2) is 8.09. The molecule has 0 aromatic heterocycles. The molecule has 96 valence electrons. The van der Waals surface area contributed by atoms with Gasteiger partial charge in [0.25, 0.3) is 0 Å². The monoisotopic (exact) mass is 237 g/mol. The molecule has 0 bridgehead atoms. The van der Waals surface area contributed by atoms with E-state index in [1.807, 2.05) is 25.2 Å². The molecule has 17 heavy (non-hydrogen) atoms. The van der Waals surface area contributed by atoms with E-state index in [9.17, 15) is 0 Å². The minimum atomic E-state index is 0.310. The van der Waals surface area contributed by atoms with Crippen molar-refractivity contribution in [3.63, 3.8) is 0 Å². The van der Waals surface area contributed by atoms with Crippen molar-refractivity contribution in [2.75, 3.05) is 27.4 Å². The lowest BCUT2D eigenvalue weighted by Crippen LogP contribution is -2.14. The molecule has 0 saturated heterocycles. The SMILES string of the molecule is CNC(C)c1ccccc1OCCCCOC. The zero-order valence-electron chi connectivity index (χ0n) is 11.0. The van der Waals surface area contributed by atoms with Gasteiger partial charge < -0.3 is 14.8 Å². The molecule has 1 N–H and O–H groups in total. The molecule has 3 heteroatoms. The van der Waals surface area contributed by atoms with Crippen LogP contribution in [0.4, 0.5) is 0 Å². The summed E-state index contributed by atoms with van der Waals surface area (Å²) in [5, 5.41) is 3.23. The summed E-state index contributed by atoms with van der Waals surface area (Å²) in [6.07, 6.45) is 2.07. The molecule has 1 atom stereocenters. The van der Waals surface area contributed by atoms with Gasteiger partial charge >= 0.3 is 0 Å². The Kier molecular flexibility index (Phi) is 6.67. The highest BCUT2D eigenvalue weighted by Crippen LogP contribution is 2.24. The number of hydrogen-bond donors (Lipinski definition) is 1. The van der Waals surface area contributed by atoms with E-state index in [0.29, 0.717) is 6.04 Å². The van der Waals surface area contributed by atoms with Gasteiger partial charge in [0.05, 0.1) is 6.61 Å². The maximum Gasteiger partial charge on any atom is 0.124 e. The second-order valence-electron chi connectivity index (χ2n) is 4.10. The van der Waals surface area contributed by atoms with Crippen molar-refractivity contribution in [1.82, 2.24) is 5.32 Å². The smallest absolute Gasteiger partial charge is 0.124 e. The van der Waals surface area contributed by atoms with Crippen LogP contribution in [-0.4, -0.2) is 27.4 Å². The standard InChI is InChI=1S/C14H23NO2/c1-12(15-2)13-8-4-5-9-14(13)17-11-7-6-10-16-3/h4-5,8-9,12,15H,6-7,10-11H2,1-3H3. The van der Waals surface area contributed by atoms with E-state index in [1.165, 1.54) is 5.56 Å². The fourth-order valence-corrected chi connectivity index (χ4v) is 1.66. The summed E-state index contributed by atoms with van der Waals surface area (Å²) < 4.78 is 10.8. The first kappa shape index (κ1) is 14.0. The third-order valence-electron chi connectivity index (χ3n) is 2.82. The first-order valence-corrected chi connectivity index (χ1v) is 6.17. The van der Waals surface area contributed by atoms with Crippen molar-refractivity contribution in [2.45, 2.75) is 25.8 Å². The zero-order chi connectivity index (χ0) is 12.5. The molecular formula is C14H23NO2. The molecule has 0 spiro atoms. The average molecular weight is 237 g/mol. The number of unbranched alkanes of at least 4 members (excludes halogenated alkanes) is 1. The molecule has 0 radical (unpaired) electrons. The molecule has 0 aliphatic carbocycles. The summed E-state index contributed by atoms with van der Waals surface area (Å²) >= 11 is 0. The van der Waals surface area contributed by atoms with E-state index in [1.54, 1.807) is 7.11 Å². The van der Waals surface area contributed by atoms with Gasteiger partial charge in [0.1, 0.15) is 5.75 Å². The molecule has 1 aromatic carbocycles. The average Bonchev–Trinajstić information content (AvgIpc) is 2.38. The summed E-state index contributed by atoms with van der Waals surface area (Å²) in [7, 11) is 3.69. The first-order valence-electron chi connectivity index (χ1n) is 6.17. The molecule has 1 unspecified atom stereocenters. The molecule has 1 rings (SSSR count). The van der Waals surface area contributed by atoms with E-state index in [0.717, 1.165) is 31.8 Å². The van der Waals surface area contributed by atoms with Gasteiger partial charge in [0.15, 0.2) is 0 Å². The van der Waals surface area contributed by atoms with E-state index >= 15 is 0 Å².